The molecule has 0 spiro atoms. The third-order valence-electron chi connectivity index (χ3n) is 2.82. The number of hydrogen-bond acceptors (Lipinski definition) is 4. The summed E-state index contributed by atoms with van der Waals surface area (Å²) in [6, 6.07) is 10.5. The average Bonchev–Trinajstić information content (AvgIpc) is 2.90. The van der Waals surface area contributed by atoms with E-state index < -0.39 is 0 Å². The van der Waals surface area contributed by atoms with Crippen LogP contribution in [0.15, 0.2) is 35.7 Å². The molecule has 1 atom stereocenters. The van der Waals surface area contributed by atoms with Gasteiger partial charge in [-0.1, -0.05) is 30.3 Å². The number of morpholine rings is 1. The molecule has 1 fully saturated rings. The van der Waals surface area contributed by atoms with Gasteiger partial charge in [-0.25, -0.2) is 4.98 Å². The Hall–Kier alpha value is -1.23. The minimum Gasteiger partial charge on any atom is -0.378 e. The van der Waals surface area contributed by atoms with Crippen LogP contribution >= 0.6 is 11.3 Å². The maximum atomic E-state index is 5.45. The first kappa shape index (κ1) is 10.9. The van der Waals surface area contributed by atoms with Crippen molar-refractivity contribution in [2.75, 3.05) is 19.8 Å². The minimum atomic E-state index is 0.248. The number of thiazole rings is 1. The third kappa shape index (κ3) is 2.39. The van der Waals surface area contributed by atoms with E-state index in [0.717, 1.165) is 30.5 Å². The van der Waals surface area contributed by atoms with Gasteiger partial charge >= 0.3 is 0 Å². The highest BCUT2D eigenvalue weighted by Gasteiger charge is 2.18. The van der Waals surface area contributed by atoms with Crippen LogP contribution in [0.3, 0.4) is 0 Å². The molecule has 0 saturated carbocycles. The van der Waals surface area contributed by atoms with Crippen LogP contribution in [0, 0.1) is 0 Å². The van der Waals surface area contributed by atoms with Gasteiger partial charge in [-0.2, -0.15) is 0 Å². The standard InChI is InChI=1S/C13H14N2OS/c1-2-4-10(5-3-1)13-15-12(9-17-13)11-8-16-7-6-14-11/h1-5,9,11,14H,6-8H2/t11-/m0/s1. The fourth-order valence-electron chi connectivity index (χ4n) is 1.91. The third-order valence-corrected chi connectivity index (χ3v) is 3.73. The van der Waals surface area contributed by atoms with Gasteiger partial charge in [0.1, 0.15) is 5.01 Å². The van der Waals surface area contributed by atoms with Gasteiger partial charge in [0.15, 0.2) is 0 Å². The van der Waals surface area contributed by atoms with E-state index in [4.69, 9.17) is 4.74 Å². The molecular weight excluding hydrogens is 232 g/mol. The lowest BCUT2D eigenvalue weighted by Gasteiger charge is -2.21. The van der Waals surface area contributed by atoms with Gasteiger partial charge < -0.3 is 10.1 Å². The molecule has 0 bridgehead atoms. The Bertz CT molecular complexity index is 477. The number of nitrogens with one attached hydrogen (secondary N) is 1. The fourth-order valence-corrected chi connectivity index (χ4v) is 2.79. The van der Waals surface area contributed by atoms with Crippen molar-refractivity contribution in [2.24, 2.45) is 0 Å². The van der Waals surface area contributed by atoms with E-state index >= 15 is 0 Å². The van der Waals surface area contributed by atoms with Gasteiger partial charge in [0.25, 0.3) is 0 Å². The van der Waals surface area contributed by atoms with Crippen molar-refractivity contribution in [3.8, 4) is 10.6 Å². The zero-order chi connectivity index (χ0) is 11.5. The van der Waals surface area contributed by atoms with Crippen LogP contribution in [0.2, 0.25) is 0 Å². The molecule has 1 aliphatic heterocycles. The summed E-state index contributed by atoms with van der Waals surface area (Å²) in [7, 11) is 0. The highest BCUT2D eigenvalue weighted by molar-refractivity contribution is 7.13. The summed E-state index contributed by atoms with van der Waals surface area (Å²) in [4.78, 5) is 4.68. The van der Waals surface area contributed by atoms with Gasteiger partial charge in [-0.15, -0.1) is 11.3 Å². The first-order valence-electron chi connectivity index (χ1n) is 5.75. The molecule has 17 heavy (non-hydrogen) atoms. The van der Waals surface area contributed by atoms with Crippen LogP contribution in [0.1, 0.15) is 11.7 Å². The van der Waals surface area contributed by atoms with Crippen molar-refractivity contribution in [2.45, 2.75) is 6.04 Å². The number of ether oxygens (including phenoxy) is 1. The first-order chi connectivity index (χ1) is 8.43. The lowest BCUT2D eigenvalue weighted by atomic mass is 10.2. The normalized spacial score (nSPS) is 20.4. The molecule has 4 heteroatoms. The fraction of sp³-hybridized carbons (Fsp3) is 0.308. The molecule has 2 heterocycles. The van der Waals surface area contributed by atoms with Gasteiger partial charge in [0, 0.05) is 17.5 Å². The summed E-state index contributed by atoms with van der Waals surface area (Å²) < 4.78 is 5.45. The molecule has 0 unspecified atom stereocenters. The van der Waals surface area contributed by atoms with Crippen LogP contribution in [-0.2, 0) is 4.74 Å². The van der Waals surface area contributed by atoms with E-state index in [1.54, 1.807) is 11.3 Å². The van der Waals surface area contributed by atoms with Crippen LogP contribution < -0.4 is 5.32 Å². The van der Waals surface area contributed by atoms with Crippen molar-refractivity contribution in [3.05, 3.63) is 41.4 Å². The Kier molecular flexibility index (Phi) is 3.18. The lowest BCUT2D eigenvalue weighted by molar-refractivity contribution is 0.0758. The predicted molar refractivity (Wildman–Crippen MR) is 69.1 cm³/mol. The molecule has 3 rings (SSSR count). The van der Waals surface area contributed by atoms with E-state index in [1.165, 1.54) is 5.56 Å². The average molecular weight is 246 g/mol. The number of rotatable bonds is 2. The Morgan fingerprint density at radius 2 is 2.18 bits per heavy atom. The summed E-state index contributed by atoms with van der Waals surface area (Å²) in [6.07, 6.45) is 0. The Morgan fingerprint density at radius 3 is 2.94 bits per heavy atom. The first-order valence-corrected chi connectivity index (χ1v) is 6.63. The summed E-state index contributed by atoms with van der Waals surface area (Å²) in [5.41, 5.74) is 2.27. The maximum Gasteiger partial charge on any atom is 0.123 e. The van der Waals surface area contributed by atoms with Crippen LogP contribution in [0.25, 0.3) is 10.6 Å². The van der Waals surface area contributed by atoms with Gasteiger partial charge in [-0.05, 0) is 0 Å². The SMILES string of the molecule is c1ccc(-c2nc([C@@H]3COCCN3)cs2)cc1. The molecular formula is C13H14N2OS. The smallest absolute Gasteiger partial charge is 0.123 e. The monoisotopic (exact) mass is 246 g/mol. The molecule has 0 amide bonds. The second-order valence-electron chi connectivity index (χ2n) is 4.03. The van der Waals surface area contributed by atoms with E-state index in [0.29, 0.717) is 0 Å². The Morgan fingerprint density at radius 1 is 1.29 bits per heavy atom. The summed E-state index contributed by atoms with van der Waals surface area (Å²) >= 11 is 1.69. The largest absolute Gasteiger partial charge is 0.378 e. The number of aromatic nitrogens is 1. The topological polar surface area (TPSA) is 34.1 Å². The minimum absolute atomic E-state index is 0.248. The van der Waals surface area contributed by atoms with Crippen LogP contribution in [-0.4, -0.2) is 24.7 Å². The zero-order valence-corrected chi connectivity index (χ0v) is 10.2. The molecule has 1 aliphatic rings. The van der Waals surface area contributed by atoms with Crippen molar-refractivity contribution < 1.29 is 4.74 Å². The highest BCUT2D eigenvalue weighted by atomic mass is 32.1. The van der Waals surface area contributed by atoms with Gasteiger partial charge in [-0.3, -0.25) is 0 Å². The zero-order valence-electron chi connectivity index (χ0n) is 9.43. The Balaban J connectivity index is 1.83. The molecule has 3 nitrogen and oxygen atoms in total. The quantitative estimate of drug-likeness (QED) is 0.884. The predicted octanol–water partition coefficient (Wildman–Crippen LogP) is 2.47. The molecule has 1 N–H and O–H groups in total. The maximum absolute atomic E-state index is 5.45. The molecule has 0 radical (unpaired) electrons. The lowest BCUT2D eigenvalue weighted by Crippen LogP contribution is -2.34. The molecule has 1 aromatic carbocycles. The number of hydrogen-bond donors (Lipinski definition) is 1. The van der Waals surface area contributed by atoms with Crippen molar-refractivity contribution in [1.82, 2.24) is 10.3 Å². The number of benzene rings is 1. The number of nitrogens with zero attached hydrogens (tertiary/aromatic N) is 1. The van der Waals surface area contributed by atoms with Crippen LogP contribution in [0.5, 0.6) is 0 Å². The second-order valence-corrected chi connectivity index (χ2v) is 4.88. The molecule has 1 aromatic heterocycles. The van der Waals surface area contributed by atoms with E-state index in [-0.39, 0.29) is 6.04 Å². The second kappa shape index (κ2) is 4.96. The van der Waals surface area contributed by atoms with E-state index in [9.17, 15) is 0 Å². The van der Waals surface area contributed by atoms with Gasteiger partial charge in [0.05, 0.1) is 24.9 Å². The molecule has 88 valence electrons. The highest BCUT2D eigenvalue weighted by Crippen LogP contribution is 2.26. The molecule has 2 aromatic rings. The summed E-state index contributed by atoms with van der Waals surface area (Å²) in [5.74, 6) is 0. The van der Waals surface area contributed by atoms with E-state index in [2.05, 4.69) is 27.8 Å². The molecule has 1 saturated heterocycles. The van der Waals surface area contributed by atoms with Crippen molar-refractivity contribution >= 4 is 11.3 Å². The van der Waals surface area contributed by atoms with E-state index in [1.807, 2.05) is 18.2 Å². The van der Waals surface area contributed by atoms with Gasteiger partial charge in [0.2, 0.25) is 0 Å². The van der Waals surface area contributed by atoms with Crippen LogP contribution in [0.4, 0.5) is 0 Å². The van der Waals surface area contributed by atoms with Crippen molar-refractivity contribution in [1.29, 1.82) is 0 Å². The summed E-state index contributed by atoms with van der Waals surface area (Å²) in [5, 5.41) is 6.62. The Labute approximate surface area is 104 Å². The molecule has 0 aliphatic carbocycles. The van der Waals surface area contributed by atoms with Crippen molar-refractivity contribution in [3.63, 3.8) is 0 Å². The summed E-state index contributed by atoms with van der Waals surface area (Å²) in [6.45, 7) is 2.42.